The molecular formula is C16H19N5O3. The van der Waals surface area contributed by atoms with Gasteiger partial charge in [-0.3, -0.25) is 9.69 Å². The Hall–Kier alpha value is -2.96. The minimum atomic E-state index is -0.393. The second-order valence-electron chi connectivity index (χ2n) is 5.35. The van der Waals surface area contributed by atoms with Crippen molar-refractivity contribution in [2.45, 2.75) is 19.9 Å². The average molecular weight is 329 g/mol. The maximum atomic E-state index is 12.2. The molecule has 5 N–H and O–H groups in total. The number of aromatic nitrogens is 1. The molecule has 3 rings (SSSR count). The van der Waals surface area contributed by atoms with Gasteiger partial charge in [0.05, 0.1) is 5.56 Å². The fraction of sp³-hybridized carbons (Fsp3) is 0.312. The molecular weight excluding hydrogens is 310 g/mol. The van der Waals surface area contributed by atoms with Crippen LogP contribution in [0.1, 0.15) is 28.5 Å². The zero-order valence-corrected chi connectivity index (χ0v) is 13.3. The van der Waals surface area contributed by atoms with Gasteiger partial charge in [0.15, 0.2) is 5.96 Å². The highest BCUT2D eigenvalue weighted by molar-refractivity contribution is 6.11. The summed E-state index contributed by atoms with van der Waals surface area (Å²) in [7, 11) is 0. The van der Waals surface area contributed by atoms with Gasteiger partial charge in [-0.1, -0.05) is 13.0 Å². The molecule has 0 spiro atoms. The number of carbonyl (C=O) groups excluding carboxylic acids is 3. The first-order valence-electron chi connectivity index (χ1n) is 7.49. The number of rotatable bonds is 2. The number of H-pyrrole nitrogens is 1. The predicted molar refractivity (Wildman–Crippen MR) is 88.1 cm³/mol. The van der Waals surface area contributed by atoms with Crippen LogP contribution < -0.4 is 11.5 Å². The van der Waals surface area contributed by atoms with Gasteiger partial charge in [0, 0.05) is 36.1 Å². The lowest BCUT2D eigenvalue weighted by molar-refractivity contribution is -0.191. The van der Waals surface area contributed by atoms with Crippen LogP contribution in [-0.4, -0.2) is 41.0 Å². The molecule has 0 aliphatic carbocycles. The number of likely N-dealkylation sites (N-methyl/N-ethyl adjacent to an activating group) is 1. The summed E-state index contributed by atoms with van der Waals surface area (Å²) in [6.07, 6.45) is 1.22. The molecule has 2 heterocycles. The first-order chi connectivity index (χ1) is 11.5. The molecule has 1 aliphatic heterocycles. The van der Waals surface area contributed by atoms with Gasteiger partial charge >= 0.3 is 6.15 Å². The van der Waals surface area contributed by atoms with Crippen molar-refractivity contribution in [1.29, 1.82) is 0 Å². The van der Waals surface area contributed by atoms with Crippen LogP contribution in [0.25, 0.3) is 10.9 Å². The van der Waals surface area contributed by atoms with Gasteiger partial charge < -0.3 is 16.5 Å². The summed E-state index contributed by atoms with van der Waals surface area (Å²) in [5, 5.41) is 0.945. The molecule has 1 aromatic carbocycles. The molecule has 8 nitrogen and oxygen atoms in total. The summed E-state index contributed by atoms with van der Waals surface area (Å²) < 4.78 is 0. The molecule has 0 atom stereocenters. The Morgan fingerprint density at radius 1 is 1.38 bits per heavy atom. The van der Waals surface area contributed by atoms with Crippen LogP contribution in [0, 0.1) is 0 Å². The third-order valence-corrected chi connectivity index (χ3v) is 3.98. The summed E-state index contributed by atoms with van der Waals surface area (Å²) in [4.78, 5) is 37.9. The molecule has 1 aromatic heterocycles. The van der Waals surface area contributed by atoms with Crippen molar-refractivity contribution >= 4 is 28.9 Å². The minimum Gasteiger partial charge on any atom is -0.370 e. The lowest BCUT2D eigenvalue weighted by Crippen LogP contribution is -2.30. The maximum absolute atomic E-state index is 12.2. The standard InChI is InChI=1S/C15H19N5O.CO2/c1-2-20-7-6-11-10(8-20)13-9(14(21)19-15(16)17)4-3-5-12(13)18-11;2-1-3/h3-5,18H,2,6-8H2,1H3,(H4,16,17,19,21);. The lowest BCUT2D eigenvalue weighted by atomic mass is 10.0. The Morgan fingerprint density at radius 2 is 2.08 bits per heavy atom. The highest BCUT2D eigenvalue weighted by Crippen LogP contribution is 2.30. The Morgan fingerprint density at radius 3 is 2.71 bits per heavy atom. The Labute approximate surface area is 138 Å². The molecule has 0 bridgehead atoms. The molecule has 2 aromatic rings. The Balaban J connectivity index is 0.000000647. The maximum Gasteiger partial charge on any atom is 0.373 e. The second-order valence-corrected chi connectivity index (χ2v) is 5.35. The summed E-state index contributed by atoms with van der Waals surface area (Å²) in [6.45, 7) is 5.02. The van der Waals surface area contributed by atoms with E-state index in [2.05, 4.69) is 21.8 Å². The van der Waals surface area contributed by atoms with Gasteiger partial charge in [0.1, 0.15) is 0 Å². The van der Waals surface area contributed by atoms with Gasteiger partial charge in [0.2, 0.25) is 0 Å². The molecule has 8 heteroatoms. The fourth-order valence-corrected chi connectivity index (χ4v) is 2.96. The first-order valence-corrected chi connectivity index (χ1v) is 7.49. The summed E-state index contributed by atoms with van der Waals surface area (Å²) in [5.74, 6) is -0.604. The molecule has 0 saturated heterocycles. The monoisotopic (exact) mass is 329 g/mol. The van der Waals surface area contributed by atoms with E-state index in [0.29, 0.717) is 5.56 Å². The van der Waals surface area contributed by atoms with E-state index in [1.54, 1.807) is 6.07 Å². The van der Waals surface area contributed by atoms with Crippen LogP contribution in [-0.2, 0) is 22.6 Å². The topological polar surface area (TPSA) is 135 Å². The molecule has 126 valence electrons. The van der Waals surface area contributed by atoms with Crippen molar-refractivity contribution in [2.24, 2.45) is 16.5 Å². The lowest BCUT2D eigenvalue weighted by Gasteiger charge is -2.25. The van der Waals surface area contributed by atoms with Crippen LogP contribution >= 0.6 is 0 Å². The number of nitrogens with zero attached hydrogens (tertiary/aromatic N) is 2. The van der Waals surface area contributed by atoms with Gasteiger partial charge in [-0.25, -0.2) is 0 Å². The van der Waals surface area contributed by atoms with Gasteiger partial charge in [-0.05, 0) is 24.2 Å². The normalized spacial score (nSPS) is 13.4. The van der Waals surface area contributed by atoms with Gasteiger partial charge in [0.25, 0.3) is 5.91 Å². The zero-order chi connectivity index (χ0) is 17.7. The molecule has 1 aliphatic rings. The van der Waals surface area contributed by atoms with E-state index in [1.165, 1.54) is 11.3 Å². The van der Waals surface area contributed by atoms with Crippen LogP contribution in [0.3, 0.4) is 0 Å². The largest absolute Gasteiger partial charge is 0.373 e. The third kappa shape index (κ3) is 3.51. The van der Waals surface area contributed by atoms with Crippen LogP contribution in [0.2, 0.25) is 0 Å². The molecule has 0 saturated carbocycles. The summed E-state index contributed by atoms with van der Waals surface area (Å²) >= 11 is 0. The highest BCUT2D eigenvalue weighted by atomic mass is 16.2. The van der Waals surface area contributed by atoms with Crippen LogP contribution in [0.15, 0.2) is 23.2 Å². The smallest absolute Gasteiger partial charge is 0.370 e. The second kappa shape index (κ2) is 7.54. The average Bonchev–Trinajstić information content (AvgIpc) is 2.92. The van der Waals surface area contributed by atoms with E-state index in [0.717, 1.165) is 37.0 Å². The van der Waals surface area contributed by atoms with Crippen molar-refractivity contribution in [2.75, 3.05) is 13.1 Å². The third-order valence-electron chi connectivity index (χ3n) is 3.98. The van der Waals surface area contributed by atoms with Crippen molar-refractivity contribution < 1.29 is 14.4 Å². The van der Waals surface area contributed by atoms with Crippen molar-refractivity contribution in [3.63, 3.8) is 0 Å². The van der Waals surface area contributed by atoms with Crippen LogP contribution in [0.5, 0.6) is 0 Å². The number of fused-ring (bicyclic) bond motifs is 3. The van der Waals surface area contributed by atoms with E-state index in [1.807, 2.05) is 12.1 Å². The number of nitrogens with two attached hydrogens (primary N) is 2. The zero-order valence-electron chi connectivity index (χ0n) is 13.3. The van der Waals surface area contributed by atoms with E-state index in [4.69, 9.17) is 21.1 Å². The summed E-state index contributed by atoms with van der Waals surface area (Å²) in [6, 6.07) is 5.60. The number of aliphatic imine (C=N–C) groups is 1. The van der Waals surface area contributed by atoms with Crippen LogP contribution in [0.4, 0.5) is 0 Å². The van der Waals surface area contributed by atoms with E-state index < -0.39 is 5.91 Å². The fourth-order valence-electron chi connectivity index (χ4n) is 2.96. The number of benzene rings is 1. The number of carbonyl (C=O) groups is 1. The molecule has 0 radical (unpaired) electrons. The van der Waals surface area contributed by atoms with E-state index in [-0.39, 0.29) is 12.1 Å². The number of amides is 1. The number of aromatic amines is 1. The van der Waals surface area contributed by atoms with Crippen molar-refractivity contribution in [3.8, 4) is 0 Å². The molecule has 0 fully saturated rings. The molecule has 0 unspecified atom stereocenters. The highest BCUT2D eigenvalue weighted by Gasteiger charge is 2.23. The SMILES string of the molecule is CCN1CCc2[nH]c3cccc(C(=O)N=C(N)N)c3c2C1.O=C=O. The van der Waals surface area contributed by atoms with Gasteiger partial charge in [-0.2, -0.15) is 14.6 Å². The Bertz CT molecular complexity index is 814. The quantitative estimate of drug-likeness (QED) is 0.538. The minimum absolute atomic E-state index is 0.211. The number of hydrogen-bond acceptors (Lipinski definition) is 4. The van der Waals surface area contributed by atoms with Crippen molar-refractivity contribution in [3.05, 3.63) is 35.0 Å². The number of hydrogen-bond donors (Lipinski definition) is 3. The predicted octanol–water partition coefficient (Wildman–Crippen LogP) is 0.376. The Kier molecular flexibility index (Phi) is 5.47. The van der Waals surface area contributed by atoms with Gasteiger partial charge in [-0.15, -0.1) is 0 Å². The number of guanidine groups is 1. The van der Waals surface area contributed by atoms with E-state index >= 15 is 0 Å². The molecule has 24 heavy (non-hydrogen) atoms. The van der Waals surface area contributed by atoms with Crippen molar-refractivity contribution in [1.82, 2.24) is 9.88 Å². The van der Waals surface area contributed by atoms with E-state index in [9.17, 15) is 4.79 Å². The summed E-state index contributed by atoms with van der Waals surface area (Å²) in [5.41, 5.74) is 14.6. The molecule has 1 amide bonds. The number of nitrogens with one attached hydrogen (secondary N) is 1. The first kappa shape index (κ1) is 17.4.